The Hall–Kier alpha value is -1.75. The summed E-state index contributed by atoms with van der Waals surface area (Å²) in [5, 5.41) is 3.40. The summed E-state index contributed by atoms with van der Waals surface area (Å²) in [6.07, 6.45) is 2.20. The first-order valence-corrected chi connectivity index (χ1v) is 6.21. The minimum atomic E-state index is -0.0219. The molecule has 1 N–H and O–H groups in total. The molecule has 0 unspecified atom stereocenters. The molecule has 5 heteroatoms. The minimum absolute atomic E-state index is 0.0219. The maximum absolute atomic E-state index is 11.3. The number of hydrogen-bond donors (Lipinski definition) is 1. The van der Waals surface area contributed by atoms with Gasteiger partial charge < -0.3 is 5.32 Å². The van der Waals surface area contributed by atoms with Crippen LogP contribution in [0.2, 0.25) is 0 Å². The van der Waals surface area contributed by atoms with E-state index < -0.39 is 0 Å². The molecule has 4 nitrogen and oxygen atoms in total. The molecule has 88 valence electrons. The molecule has 0 spiro atoms. The zero-order valence-corrected chi connectivity index (χ0v) is 10.5. The van der Waals surface area contributed by atoms with Crippen LogP contribution in [0.5, 0.6) is 0 Å². The highest BCUT2D eigenvalue weighted by atomic mass is 32.1. The van der Waals surface area contributed by atoms with E-state index in [0.717, 1.165) is 16.3 Å². The molecule has 0 saturated heterocycles. The SMILES string of the molecule is CCC(=O)Nc1nc(C)c(-c2ccccn2)s1. The first-order chi connectivity index (χ1) is 8.20. The van der Waals surface area contributed by atoms with E-state index in [-0.39, 0.29) is 5.91 Å². The van der Waals surface area contributed by atoms with Crippen molar-refractivity contribution < 1.29 is 4.79 Å². The Kier molecular flexibility index (Phi) is 3.49. The molecule has 1 amide bonds. The molecule has 2 aromatic rings. The van der Waals surface area contributed by atoms with Gasteiger partial charge in [0.15, 0.2) is 5.13 Å². The highest BCUT2D eigenvalue weighted by Gasteiger charge is 2.11. The number of carbonyl (C=O) groups is 1. The molecule has 2 heterocycles. The summed E-state index contributed by atoms with van der Waals surface area (Å²) >= 11 is 1.45. The number of anilines is 1. The Morgan fingerprint density at radius 2 is 2.29 bits per heavy atom. The van der Waals surface area contributed by atoms with Crippen molar-refractivity contribution in [2.75, 3.05) is 5.32 Å². The lowest BCUT2D eigenvalue weighted by molar-refractivity contribution is -0.115. The number of nitrogens with zero attached hydrogens (tertiary/aromatic N) is 2. The molecule has 0 bridgehead atoms. The Morgan fingerprint density at radius 3 is 2.94 bits per heavy atom. The molecule has 0 aliphatic rings. The topological polar surface area (TPSA) is 54.9 Å². The van der Waals surface area contributed by atoms with Gasteiger partial charge in [-0.05, 0) is 19.1 Å². The lowest BCUT2D eigenvalue weighted by Gasteiger charge is -1.96. The first kappa shape index (κ1) is 11.7. The van der Waals surface area contributed by atoms with Crippen LogP contribution in [-0.4, -0.2) is 15.9 Å². The number of nitrogens with one attached hydrogen (secondary N) is 1. The van der Waals surface area contributed by atoms with Gasteiger partial charge >= 0.3 is 0 Å². The van der Waals surface area contributed by atoms with Gasteiger partial charge in [0.05, 0.1) is 16.3 Å². The lowest BCUT2D eigenvalue weighted by atomic mass is 10.3. The largest absolute Gasteiger partial charge is 0.302 e. The minimum Gasteiger partial charge on any atom is -0.302 e. The summed E-state index contributed by atoms with van der Waals surface area (Å²) in [7, 11) is 0. The quantitative estimate of drug-likeness (QED) is 0.907. The molecule has 0 aliphatic heterocycles. The summed E-state index contributed by atoms with van der Waals surface area (Å²) in [5.41, 5.74) is 1.78. The number of amides is 1. The predicted octanol–water partition coefficient (Wildman–Crippen LogP) is 2.86. The van der Waals surface area contributed by atoms with E-state index in [1.54, 1.807) is 6.20 Å². The molecule has 2 rings (SSSR count). The van der Waals surface area contributed by atoms with Crippen molar-refractivity contribution in [2.24, 2.45) is 0 Å². The van der Waals surface area contributed by atoms with Gasteiger partial charge in [-0.15, -0.1) is 0 Å². The van der Waals surface area contributed by atoms with Gasteiger partial charge in [-0.2, -0.15) is 0 Å². The van der Waals surface area contributed by atoms with Crippen LogP contribution in [0.15, 0.2) is 24.4 Å². The average molecular weight is 247 g/mol. The third-order valence-corrected chi connectivity index (χ3v) is 3.36. The van der Waals surface area contributed by atoms with E-state index in [1.165, 1.54) is 11.3 Å². The van der Waals surface area contributed by atoms with Crippen LogP contribution >= 0.6 is 11.3 Å². The van der Waals surface area contributed by atoms with E-state index in [0.29, 0.717) is 11.6 Å². The maximum atomic E-state index is 11.3. The highest BCUT2D eigenvalue weighted by Crippen LogP contribution is 2.31. The standard InChI is InChI=1S/C12H13N3OS/c1-3-10(16)15-12-14-8(2)11(17-12)9-6-4-5-7-13-9/h4-7H,3H2,1-2H3,(H,14,15,16). The molecule has 0 saturated carbocycles. The van der Waals surface area contributed by atoms with E-state index in [2.05, 4.69) is 15.3 Å². The smallest absolute Gasteiger partial charge is 0.225 e. The predicted molar refractivity (Wildman–Crippen MR) is 69.0 cm³/mol. The van der Waals surface area contributed by atoms with Crippen LogP contribution < -0.4 is 5.32 Å². The molecule has 0 radical (unpaired) electrons. The number of rotatable bonds is 3. The molecule has 2 aromatic heterocycles. The van der Waals surface area contributed by atoms with Crippen molar-refractivity contribution in [1.82, 2.24) is 9.97 Å². The van der Waals surface area contributed by atoms with Gasteiger partial charge in [-0.1, -0.05) is 24.3 Å². The highest BCUT2D eigenvalue weighted by molar-refractivity contribution is 7.19. The molecule has 0 aliphatic carbocycles. The first-order valence-electron chi connectivity index (χ1n) is 5.39. The number of aryl methyl sites for hydroxylation is 1. The van der Waals surface area contributed by atoms with Gasteiger partial charge in [-0.25, -0.2) is 4.98 Å². The number of hydrogen-bond acceptors (Lipinski definition) is 4. The zero-order chi connectivity index (χ0) is 12.3. The zero-order valence-electron chi connectivity index (χ0n) is 9.73. The van der Waals surface area contributed by atoms with Gasteiger partial charge in [-0.3, -0.25) is 9.78 Å². The molecule has 0 atom stereocenters. The summed E-state index contributed by atoms with van der Waals surface area (Å²) in [6, 6.07) is 5.75. The Morgan fingerprint density at radius 1 is 1.47 bits per heavy atom. The monoisotopic (exact) mass is 247 g/mol. The molecule has 17 heavy (non-hydrogen) atoms. The van der Waals surface area contributed by atoms with Crippen LogP contribution in [0.4, 0.5) is 5.13 Å². The number of pyridine rings is 1. The van der Waals surface area contributed by atoms with Crippen molar-refractivity contribution in [3.63, 3.8) is 0 Å². The molecule has 0 aromatic carbocycles. The van der Waals surface area contributed by atoms with Crippen LogP contribution in [0.25, 0.3) is 10.6 Å². The van der Waals surface area contributed by atoms with E-state index in [9.17, 15) is 4.79 Å². The number of aromatic nitrogens is 2. The molecular formula is C12H13N3OS. The van der Waals surface area contributed by atoms with Crippen molar-refractivity contribution in [3.05, 3.63) is 30.1 Å². The second-order valence-electron chi connectivity index (χ2n) is 3.55. The van der Waals surface area contributed by atoms with Crippen molar-refractivity contribution in [1.29, 1.82) is 0 Å². The third kappa shape index (κ3) is 2.68. The van der Waals surface area contributed by atoms with Gasteiger partial charge in [0, 0.05) is 12.6 Å². The molecular weight excluding hydrogens is 234 g/mol. The van der Waals surface area contributed by atoms with Gasteiger partial charge in [0.2, 0.25) is 5.91 Å². The number of carbonyl (C=O) groups excluding carboxylic acids is 1. The second-order valence-corrected chi connectivity index (χ2v) is 4.55. The van der Waals surface area contributed by atoms with E-state index >= 15 is 0 Å². The maximum Gasteiger partial charge on any atom is 0.225 e. The Balaban J connectivity index is 2.28. The van der Waals surface area contributed by atoms with Crippen molar-refractivity contribution >= 4 is 22.4 Å². The van der Waals surface area contributed by atoms with Crippen molar-refractivity contribution in [2.45, 2.75) is 20.3 Å². The van der Waals surface area contributed by atoms with Gasteiger partial charge in [0.25, 0.3) is 0 Å². The summed E-state index contributed by atoms with van der Waals surface area (Å²) < 4.78 is 0. The summed E-state index contributed by atoms with van der Waals surface area (Å²) in [5.74, 6) is -0.0219. The summed E-state index contributed by atoms with van der Waals surface area (Å²) in [4.78, 5) is 20.9. The Labute approximate surface area is 104 Å². The average Bonchev–Trinajstić information content (AvgIpc) is 2.71. The fourth-order valence-corrected chi connectivity index (χ4v) is 2.35. The summed E-state index contributed by atoms with van der Waals surface area (Å²) in [6.45, 7) is 3.73. The fraction of sp³-hybridized carbons (Fsp3) is 0.250. The molecule has 0 fully saturated rings. The van der Waals surface area contributed by atoms with Gasteiger partial charge in [0.1, 0.15) is 0 Å². The number of thiazole rings is 1. The van der Waals surface area contributed by atoms with Crippen LogP contribution in [0.3, 0.4) is 0 Å². The van der Waals surface area contributed by atoms with E-state index in [1.807, 2.05) is 32.0 Å². The van der Waals surface area contributed by atoms with Crippen molar-refractivity contribution in [3.8, 4) is 10.6 Å². The second kappa shape index (κ2) is 5.05. The Bertz CT molecular complexity index is 522. The fourth-order valence-electron chi connectivity index (χ4n) is 1.39. The normalized spacial score (nSPS) is 10.2. The lowest BCUT2D eigenvalue weighted by Crippen LogP contribution is -2.08. The van der Waals surface area contributed by atoms with Crippen LogP contribution in [0, 0.1) is 6.92 Å². The van der Waals surface area contributed by atoms with E-state index in [4.69, 9.17) is 0 Å². The van der Waals surface area contributed by atoms with Crippen LogP contribution in [-0.2, 0) is 4.79 Å². The van der Waals surface area contributed by atoms with Crippen LogP contribution in [0.1, 0.15) is 19.0 Å². The third-order valence-electron chi connectivity index (χ3n) is 2.26.